The van der Waals surface area contributed by atoms with Crippen LogP contribution in [0.3, 0.4) is 0 Å². The fourth-order valence-corrected chi connectivity index (χ4v) is 8.47. The molecule has 39 heteroatoms. The van der Waals surface area contributed by atoms with Crippen LogP contribution in [-0.2, 0) is 0 Å². The van der Waals surface area contributed by atoms with E-state index in [1.54, 1.807) is 152 Å². The van der Waals surface area contributed by atoms with Crippen molar-refractivity contribution in [1.82, 2.24) is 0 Å². The SMILES string of the molecule is CC(C)(C)C(C)(C)C(F)(F)F.CC(C)(C)C(C)(C)C(F)(F)F.CC(C)C(C)(C)C(C)C(F)(F)F.CC(C)C(C)(C)C(F)(F)F.CC(C)CC(C(F)(F)F)C(F)(F)F.CC(C)[C@@H](C)C(C)C(F)(F)F.CC(C)[C@@H](C)C(C)C(F)(F)F.CCC(C)(C)CC(F)(F)F.CCC(C)[C@@H](C)C(F)(F)F.CCC(CC)CC(F)(F)F.CCCC(C)(C)C(F)(F)F.CC[C@H](C)C(C)C(F)(F)F. The van der Waals surface area contributed by atoms with Crippen molar-refractivity contribution in [1.29, 1.82) is 0 Å². The van der Waals surface area contributed by atoms with Crippen molar-refractivity contribution in [2.75, 3.05) is 0 Å². The van der Waals surface area contributed by atoms with Crippen molar-refractivity contribution in [2.24, 2.45) is 138 Å². The Bertz CT molecular complexity index is 2560. The van der Waals surface area contributed by atoms with Crippen molar-refractivity contribution in [3.63, 3.8) is 0 Å². The molecule has 0 aliphatic rings. The first kappa shape index (κ1) is 152. The van der Waals surface area contributed by atoms with E-state index in [0.29, 0.717) is 38.5 Å². The molecule has 0 aliphatic heterocycles. The first-order valence-corrected chi connectivity index (χ1v) is 43.1. The number of rotatable bonds is 20. The van der Waals surface area contributed by atoms with Gasteiger partial charge in [0.05, 0.1) is 51.2 Å². The van der Waals surface area contributed by atoms with Crippen LogP contribution >= 0.6 is 0 Å². The molecule has 0 N–H and O–H groups in total. The fraction of sp³-hybridized carbons (Fsp3) is 1.00. The van der Waals surface area contributed by atoms with Crippen molar-refractivity contribution in [3.05, 3.63) is 0 Å². The van der Waals surface area contributed by atoms with Gasteiger partial charge in [0.25, 0.3) is 0 Å². The zero-order chi connectivity index (χ0) is 109. The molecule has 0 fully saturated rings. The molecule has 0 aromatic heterocycles. The normalized spacial score (nSPS) is 15.9. The summed E-state index contributed by atoms with van der Waals surface area (Å²) in [5.74, 6) is -11.2. The van der Waals surface area contributed by atoms with E-state index in [2.05, 4.69) is 0 Å². The molecule has 798 valence electrons. The first-order chi connectivity index (χ1) is 55.2. The molecule has 5 unspecified atom stereocenters. The number of hydrogen-bond donors (Lipinski definition) is 0. The second-order valence-corrected chi connectivity index (χ2v) is 40.9. The molecule has 0 aromatic rings. The largest absolute Gasteiger partial charge is 0.400 e. The molecule has 0 amide bonds. The summed E-state index contributed by atoms with van der Waals surface area (Å²) in [5, 5.41) is 0. The molecule has 0 saturated heterocycles. The van der Waals surface area contributed by atoms with Crippen LogP contribution in [0.15, 0.2) is 0 Å². The second kappa shape index (κ2) is 58.9. The van der Waals surface area contributed by atoms with Gasteiger partial charge in [-0.15, -0.1) is 0 Å². The van der Waals surface area contributed by atoms with Gasteiger partial charge in [0, 0.05) is 12.8 Å². The second-order valence-electron chi connectivity index (χ2n) is 40.9. The number of hydrogen-bond acceptors (Lipinski definition) is 0. The van der Waals surface area contributed by atoms with E-state index in [1.165, 1.54) is 104 Å². The molecule has 0 saturated carbocycles. The Hall–Kier alpha value is -2.73. The van der Waals surface area contributed by atoms with Gasteiger partial charge in [-0.25, -0.2) is 0 Å². The Balaban J connectivity index is -0.000000116. The van der Waals surface area contributed by atoms with E-state index >= 15 is 0 Å². The zero-order valence-corrected chi connectivity index (χ0v) is 84.5. The summed E-state index contributed by atoms with van der Waals surface area (Å²) < 4.78 is 468. The van der Waals surface area contributed by atoms with Crippen LogP contribution in [-0.4, -0.2) is 80.3 Å². The quantitative estimate of drug-likeness (QED) is 0.107. The highest BCUT2D eigenvalue weighted by Crippen LogP contribution is 2.53. The Morgan fingerprint density at radius 3 is 0.574 bits per heavy atom. The highest BCUT2D eigenvalue weighted by molar-refractivity contribution is 4.90. The van der Waals surface area contributed by atoms with Crippen LogP contribution < -0.4 is 0 Å². The summed E-state index contributed by atoms with van der Waals surface area (Å²) in [6, 6.07) is 0. The van der Waals surface area contributed by atoms with Crippen LogP contribution in [0.1, 0.15) is 362 Å². The summed E-state index contributed by atoms with van der Waals surface area (Å²) in [4.78, 5) is 0. The standard InChI is InChI=1S/C9H17F3.4C8H15F3.C7H10F6.6C7H13F3/c1-6(2)8(4,5)7(3)9(10,11)12;2*1-6(2,3)7(4,5)8(9,10)11;2*1-5(2)6(3)7(4)8(9,10)11;1-4(2)3-5(6(8,9)10)7(11,12)13;1-5(2)6(3,4)7(8,9)10;1-4-6(2,3)5-7(8,9)10;1-4-5-6(2,3)7(8,9)10;2*1-4-5(2)6(3)7(8,9)10;1-3-6(4-2)5-7(8,9)10/h6-7H,1-5H3;2*1-5H3;2*5-7H,1-4H3;4-5H,3H2,1-2H3;5H,1-4H3;2*4-5H2,1-3H3;2*5-6H,4H2,1-3H3;6H,3-5H2,1-2H3/t;;;2*6-,7?;;;;;5?,6-;5-,6?;/m...11....10./s1. The Kier molecular flexibility index (Phi) is 69.3. The molecular formula is C90H165F39. The zero-order valence-electron chi connectivity index (χ0n) is 84.5. The van der Waals surface area contributed by atoms with E-state index in [0.717, 1.165) is 0 Å². The smallest absolute Gasteiger partial charge is 0.171 e. The van der Waals surface area contributed by atoms with Gasteiger partial charge in [0.2, 0.25) is 0 Å². The summed E-state index contributed by atoms with van der Waals surface area (Å²) in [6.45, 7) is 66.1. The van der Waals surface area contributed by atoms with Crippen molar-refractivity contribution >= 4 is 0 Å². The van der Waals surface area contributed by atoms with Crippen LogP contribution in [0.2, 0.25) is 0 Å². The molecule has 0 rings (SSSR count). The molecule has 0 aliphatic carbocycles. The lowest BCUT2D eigenvalue weighted by Crippen LogP contribution is -2.43. The average Bonchev–Trinajstić information content (AvgIpc) is 0.806. The lowest BCUT2D eigenvalue weighted by atomic mass is 9.69. The predicted octanol–water partition coefficient (Wildman–Crippen LogP) is 41.7. The third-order valence-electron chi connectivity index (χ3n) is 25.6. The minimum atomic E-state index is -5.19. The van der Waals surface area contributed by atoms with E-state index in [1.807, 2.05) is 41.5 Å². The molecule has 0 bridgehead atoms. The fourth-order valence-electron chi connectivity index (χ4n) is 8.47. The number of alkyl halides is 39. The molecule has 0 aromatic carbocycles. The molecule has 0 heterocycles. The third-order valence-corrected chi connectivity index (χ3v) is 25.6. The van der Waals surface area contributed by atoms with E-state index in [4.69, 9.17) is 0 Å². The molecular weight excluding hydrogens is 1820 g/mol. The summed E-state index contributed by atoms with van der Waals surface area (Å²) in [6.07, 6.45) is -53.4. The molecule has 0 spiro atoms. The molecule has 0 radical (unpaired) electrons. The summed E-state index contributed by atoms with van der Waals surface area (Å²) in [5.41, 5.74) is -9.10. The van der Waals surface area contributed by atoms with Gasteiger partial charge < -0.3 is 0 Å². The molecule has 9 atom stereocenters. The lowest BCUT2D eigenvalue weighted by Gasteiger charge is -2.40. The maximum absolute atomic E-state index is 12.3. The van der Waals surface area contributed by atoms with Gasteiger partial charge in [-0.05, 0) is 93.7 Å². The highest BCUT2D eigenvalue weighted by atomic mass is 19.5. The van der Waals surface area contributed by atoms with Crippen LogP contribution in [0.5, 0.6) is 0 Å². The topological polar surface area (TPSA) is 0 Å². The van der Waals surface area contributed by atoms with Crippen LogP contribution in [0, 0.1) is 138 Å². The minimum absolute atomic E-state index is 0.0362. The Labute approximate surface area is 749 Å². The van der Waals surface area contributed by atoms with E-state index in [9.17, 15) is 171 Å². The molecule has 0 nitrogen and oxygen atoms in total. The van der Waals surface area contributed by atoms with Gasteiger partial charge in [-0.1, -0.05) is 336 Å². The Morgan fingerprint density at radius 1 is 0.264 bits per heavy atom. The van der Waals surface area contributed by atoms with Crippen molar-refractivity contribution in [2.45, 2.75) is 442 Å². The minimum Gasteiger partial charge on any atom is -0.171 e. The van der Waals surface area contributed by atoms with E-state index in [-0.39, 0.29) is 59.7 Å². The Morgan fingerprint density at radius 2 is 0.519 bits per heavy atom. The van der Waals surface area contributed by atoms with Gasteiger partial charge in [0.15, 0.2) is 5.92 Å². The maximum atomic E-state index is 12.3. The van der Waals surface area contributed by atoms with Crippen LogP contribution in [0.4, 0.5) is 171 Å². The van der Waals surface area contributed by atoms with Gasteiger partial charge in [-0.3, -0.25) is 0 Å². The first-order valence-electron chi connectivity index (χ1n) is 43.1. The van der Waals surface area contributed by atoms with Gasteiger partial charge in [0.1, 0.15) is 0 Å². The highest BCUT2D eigenvalue weighted by Gasteiger charge is 2.58. The third kappa shape index (κ3) is 69.7. The maximum Gasteiger partial charge on any atom is 0.400 e. The lowest BCUT2D eigenvalue weighted by molar-refractivity contribution is -0.287. The predicted molar refractivity (Wildman–Crippen MR) is 444 cm³/mol. The van der Waals surface area contributed by atoms with Gasteiger partial charge in [-0.2, -0.15) is 171 Å². The molecule has 129 heavy (non-hydrogen) atoms. The van der Waals surface area contributed by atoms with Crippen molar-refractivity contribution < 1.29 is 171 Å². The average molecular weight is 1990 g/mol. The van der Waals surface area contributed by atoms with Gasteiger partial charge >= 0.3 is 80.3 Å². The number of halogens is 39. The van der Waals surface area contributed by atoms with E-state index < -0.39 is 184 Å². The monoisotopic (exact) mass is 1990 g/mol. The van der Waals surface area contributed by atoms with Crippen molar-refractivity contribution in [3.8, 4) is 0 Å². The van der Waals surface area contributed by atoms with Crippen LogP contribution in [0.25, 0.3) is 0 Å². The summed E-state index contributed by atoms with van der Waals surface area (Å²) in [7, 11) is 0. The summed E-state index contributed by atoms with van der Waals surface area (Å²) >= 11 is 0.